The number of amides is 1. The van der Waals surface area contributed by atoms with Gasteiger partial charge in [0.2, 0.25) is 0 Å². The lowest BCUT2D eigenvalue weighted by atomic mass is 9.47. The van der Waals surface area contributed by atoms with Gasteiger partial charge in [0.15, 0.2) is 0 Å². The quantitative estimate of drug-likeness (QED) is 0.0844. The zero-order valence-electron chi connectivity index (χ0n) is 39.3. The number of benzene rings is 3. The molecule has 1 aliphatic carbocycles. The molecule has 1 saturated carbocycles. The SMILES string of the molecule is CCC1=C[C@@H]2CN(CCc3c([nH]c4ccccc34)[C@@](C(=O)OC)(c3cc4c(cc3OC)N(C)[C@H]3[C@@](O)(CNC(=O)OCc5ccc(Cl)cc5)[C@H](OC(C)=O)[C@]5(CC)C=CCN6CC[C@]43[C@@H]65)C2)C1. The Hall–Kier alpha value is -5.34. The van der Waals surface area contributed by atoms with Crippen molar-refractivity contribution in [3.8, 4) is 5.75 Å². The van der Waals surface area contributed by atoms with Crippen LogP contribution in [0.4, 0.5) is 10.5 Å². The van der Waals surface area contributed by atoms with E-state index in [2.05, 4.69) is 81.3 Å². The monoisotopic (exact) mass is 931 g/mol. The van der Waals surface area contributed by atoms with Crippen LogP contribution < -0.4 is 15.0 Å². The molecule has 6 heterocycles. The van der Waals surface area contributed by atoms with Gasteiger partial charge in [0, 0.05) is 96.0 Å². The van der Waals surface area contributed by atoms with Crippen molar-refractivity contribution in [1.29, 1.82) is 0 Å². The minimum absolute atomic E-state index is 0.0107. The first kappa shape index (κ1) is 45.4. The summed E-state index contributed by atoms with van der Waals surface area (Å²) in [5.41, 5.74) is 2.54. The minimum atomic E-state index is -1.87. The van der Waals surface area contributed by atoms with Crippen molar-refractivity contribution < 1.29 is 38.4 Å². The average Bonchev–Trinajstić information content (AvgIpc) is 4.00. The Kier molecular flexibility index (Phi) is 11.5. The molecule has 67 heavy (non-hydrogen) atoms. The first-order chi connectivity index (χ1) is 32.3. The zero-order valence-corrected chi connectivity index (χ0v) is 40.1. The molecule has 3 N–H and O–H groups in total. The number of aromatic amines is 1. The number of aliphatic hydroxyl groups is 1. The lowest BCUT2D eigenvalue weighted by molar-refractivity contribution is -0.217. The molecule has 1 aromatic heterocycles. The third kappa shape index (κ3) is 6.84. The molecule has 1 saturated heterocycles. The minimum Gasteiger partial charge on any atom is -0.496 e. The number of nitrogens with one attached hydrogen (secondary N) is 2. The lowest BCUT2D eigenvalue weighted by Gasteiger charge is -2.64. The molecule has 1 amide bonds. The molecule has 4 aromatic rings. The number of alkyl carbamates (subject to hydrolysis) is 1. The number of aromatic nitrogens is 1. The molecule has 354 valence electrons. The number of carbonyl (C=O) groups is 3. The summed E-state index contributed by atoms with van der Waals surface area (Å²) in [6, 6.07) is 18.6. The summed E-state index contributed by atoms with van der Waals surface area (Å²) in [7, 11) is 5.09. The number of carbonyl (C=O) groups excluding carboxylic acids is 3. The van der Waals surface area contributed by atoms with E-state index in [1.807, 2.05) is 19.2 Å². The van der Waals surface area contributed by atoms with Crippen molar-refractivity contribution in [2.24, 2.45) is 11.3 Å². The van der Waals surface area contributed by atoms with Gasteiger partial charge in [-0.3, -0.25) is 19.4 Å². The van der Waals surface area contributed by atoms with Gasteiger partial charge in [0.05, 0.1) is 26.8 Å². The van der Waals surface area contributed by atoms with E-state index in [0.29, 0.717) is 48.7 Å². The Balaban J connectivity index is 1.18. The summed E-state index contributed by atoms with van der Waals surface area (Å²) in [5, 5.41) is 18.5. The topological polar surface area (TPSA) is 146 Å². The normalized spacial score (nSPS) is 31.6. The Morgan fingerprint density at radius 1 is 1.01 bits per heavy atom. The summed E-state index contributed by atoms with van der Waals surface area (Å²) in [6.07, 6.45) is 8.10. The van der Waals surface area contributed by atoms with E-state index in [1.54, 1.807) is 31.4 Å². The number of para-hydroxylation sites is 1. The van der Waals surface area contributed by atoms with Crippen molar-refractivity contribution in [2.45, 2.75) is 94.1 Å². The molecule has 3 aromatic carbocycles. The van der Waals surface area contributed by atoms with Crippen LogP contribution in [0.15, 0.2) is 84.5 Å². The van der Waals surface area contributed by atoms with Crippen molar-refractivity contribution in [1.82, 2.24) is 20.1 Å². The Bertz CT molecular complexity index is 2680. The Morgan fingerprint density at radius 2 is 1.81 bits per heavy atom. The van der Waals surface area contributed by atoms with Gasteiger partial charge in [-0.15, -0.1) is 0 Å². The van der Waals surface area contributed by atoms with Gasteiger partial charge < -0.3 is 39.3 Å². The van der Waals surface area contributed by atoms with Crippen LogP contribution in [0.3, 0.4) is 0 Å². The van der Waals surface area contributed by atoms with E-state index < -0.39 is 46.1 Å². The van der Waals surface area contributed by atoms with E-state index in [0.717, 1.165) is 71.5 Å². The van der Waals surface area contributed by atoms with Crippen LogP contribution in [0.1, 0.15) is 74.4 Å². The number of hydrogen-bond donors (Lipinski definition) is 3. The average molecular weight is 933 g/mol. The molecule has 10 rings (SSSR count). The molecule has 14 heteroatoms. The third-order valence-corrected chi connectivity index (χ3v) is 16.7. The Morgan fingerprint density at radius 3 is 2.54 bits per heavy atom. The van der Waals surface area contributed by atoms with Gasteiger partial charge in [-0.2, -0.15) is 0 Å². The van der Waals surface area contributed by atoms with Gasteiger partial charge in [0.25, 0.3) is 0 Å². The molecular formula is C53H62ClN5O8. The van der Waals surface area contributed by atoms with Crippen molar-refractivity contribution in [3.05, 3.63) is 117 Å². The summed E-state index contributed by atoms with van der Waals surface area (Å²) in [6.45, 7) is 9.28. The number of anilines is 1. The number of H-pyrrole nitrogens is 1. The molecular weight excluding hydrogens is 870 g/mol. The highest BCUT2D eigenvalue weighted by Crippen LogP contribution is 2.68. The number of nitrogens with zero attached hydrogens (tertiary/aromatic N) is 3. The van der Waals surface area contributed by atoms with E-state index in [4.69, 9.17) is 30.5 Å². The fourth-order valence-corrected chi connectivity index (χ4v) is 14.1. The van der Waals surface area contributed by atoms with Crippen LogP contribution in [0, 0.1) is 11.3 Å². The van der Waals surface area contributed by atoms with E-state index >= 15 is 4.79 Å². The number of methoxy groups -OCH3 is 2. The van der Waals surface area contributed by atoms with E-state index in [1.165, 1.54) is 19.6 Å². The molecule has 2 bridgehead atoms. The number of halogens is 1. The third-order valence-electron chi connectivity index (χ3n) is 16.5. The number of likely N-dealkylation sites (N-methyl/N-ethyl adjacent to an activating group) is 1. The first-order valence-corrected chi connectivity index (χ1v) is 24.2. The second-order valence-electron chi connectivity index (χ2n) is 19.7. The number of rotatable bonds is 10. The fraction of sp³-hybridized carbons (Fsp3) is 0.491. The number of ether oxygens (including phenoxy) is 4. The summed E-state index contributed by atoms with van der Waals surface area (Å²) < 4.78 is 24.6. The summed E-state index contributed by atoms with van der Waals surface area (Å²) >= 11 is 6.11. The number of fused-ring (bicyclic) bond motifs is 6. The van der Waals surface area contributed by atoms with Crippen LogP contribution >= 0.6 is 11.6 Å². The number of esters is 2. The summed E-state index contributed by atoms with van der Waals surface area (Å²) in [5.74, 6) is -0.376. The standard InChI is InChI=1S/C53H62ClN5O8/c1-7-33-24-35-27-52(48(61)65-6,44-38(18-22-58(28-33)29-35)37-12-9-10-13-41(37)56-44)40-25-39-42(26-43(40)64-5)57(4)46-51(39)20-23-59-21-11-19-50(8-2,45(51)59)47(67-32(3)60)53(46,63)31-55-49(62)66-30-34-14-16-36(54)17-15-34/h9-17,19,24-26,35,45-47,56,63H,7-8,18,20-23,27-31H2,1-6H3,(H,55,62)/t35-,45-,46+,47+,50+,51+,52-,53-/m0/s1. The highest BCUT2D eigenvalue weighted by atomic mass is 35.5. The highest BCUT2D eigenvalue weighted by molar-refractivity contribution is 6.30. The molecule has 9 atom stereocenters. The van der Waals surface area contributed by atoms with Gasteiger partial charge >= 0.3 is 18.0 Å². The molecule has 1 unspecified atom stereocenters. The molecule has 13 nitrogen and oxygen atoms in total. The predicted octanol–water partition coefficient (Wildman–Crippen LogP) is 7.20. The Labute approximate surface area is 397 Å². The van der Waals surface area contributed by atoms with Crippen LogP contribution in [0.2, 0.25) is 5.02 Å². The maximum Gasteiger partial charge on any atom is 0.407 e. The zero-order chi connectivity index (χ0) is 47.0. The van der Waals surface area contributed by atoms with Gasteiger partial charge in [-0.1, -0.05) is 79.6 Å². The largest absolute Gasteiger partial charge is 0.496 e. The molecule has 2 fully saturated rings. The molecule has 1 spiro atoms. The van der Waals surface area contributed by atoms with Crippen molar-refractivity contribution in [2.75, 3.05) is 65.4 Å². The van der Waals surface area contributed by atoms with Crippen LogP contribution in [0.5, 0.6) is 5.75 Å². The van der Waals surface area contributed by atoms with Crippen LogP contribution in [-0.4, -0.2) is 122 Å². The van der Waals surface area contributed by atoms with Crippen LogP contribution in [-0.2, 0) is 47.7 Å². The van der Waals surface area contributed by atoms with Gasteiger partial charge in [-0.05, 0) is 85.5 Å². The second kappa shape index (κ2) is 17.0. The molecule has 6 aliphatic rings. The van der Waals surface area contributed by atoms with Crippen LogP contribution in [0.25, 0.3) is 10.9 Å². The smallest absolute Gasteiger partial charge is 0.407 e. The fourth-order valence-electron chi connectivity index (χ4n) is 14.0. The van der Waals surface area contributed by atoms with Crippen molar-refractivity contribution in [3.63, 3.8) is 0 Å². The van der Waals surface area contributed by atoms with Gasteiger partial charge in [-0.25, -0.2) is 4.79 Å². The summed E-state index contributed by atoms with van der Waals surface area (Å²) in [4.78, 5) is 53.4. The van der Waals surface area contributed by atoms with E-state index in [9.17, 15) is 14.7 Å². The maximum absolute atomic E-state index is 15.5. The lowest BCUT2D eigenvalue weighted by Crippen LogP contribution is -2.81. The number of hydrogen-bond acceptors (Lipinski definition) is 11. The highest BCUT2D eigenvalue weighted by Gasteiger charge is 2.78. The van der Waals surface area contributed by atoms with E-state index in [-0.39, 0.29) is 31.1 Å². The second-order valence-corrected chi connectivity index (χ2v) is 20.2. The van der Waals surface area contributed by atoms with Crippen molar-refractivity contribution >= 4 is 46.2 Å². The van der Waals surface area contributed by atoms with Gasteiger partial charge in [0.1, 0.15) is 29.5 Å². The predicted molar refractivity (Wildman–Crippen MR) is 257 cm³/mol. The molecule has 5 aliphatic heterocycles. The molecule has 0 radical (unpaired) electrons. The first-order valence-electron chi connectivity index (χ1n) is 23.8. The maximum atomic E-state index is 15.5.